The van der Waals surface area contributed by atoms with Gasteiger partial charge in [0.05, 0.1) is 0 Å². The van der Waals surface area contributed by atoms with Gasteiger partial charge in [-0.05, 0) is 48.9 Å². The molecule has 0 unspecified atom stereocenters. The summed E-state index contributed by atoms with van der Waals surface area (Å²) in [5.74, 6) is 0. The maximum atomic E-state index is 4.50. The minimum absolute atomic E-state index is 0.198. The molecule has 25 heavy (non-hydrogen) atoms. The minimum atomic E-state index is 0.198. The summed E-state index contributed by atoms with van der Waals surface area (Å²) in [7, 11) is 3.40. The van der Waals surface area contributed by atoms with Gasteiger partial charge in [-0.3, -0.25) is 0 Å². The van der Waals surface area contributed by atoms with Gasteiger partial charge >= 0.3 is 10.0 Å². The van der Waals surface area contributed by atoms with Crippen molar-refractivity contribution in [2.45, 2.75) is 25.7 Å². The number of nitrogens with one attached hydrogen (secondary N) is 2. The topological polar surface area (TPSA) is 42.5 Å². The molecule has 0 amide bonds. The van der Waals surface area contributed by atoms with Crippen LogP contribution < -0.4 is 10.6 Å². The number of aryl methyl sites for hydroxylation is 2. The molecule has 2 aliphatic heterocycles. The molecule has 2 aromatic carbocycles. The number of anilines is 2. The highest BCUT2D eigenvalue weighted by molar-refractivity contribution is 6.17. The van der Waals surface area contributed by atoms with Crippen LogP contribution in [-0.2, 0) is 21.7 Å². The first-order valence-electron chi connectivity index (χ1n) is 8.79. The second-order valence-corrected chi connectivity index (χ2v) is 6.85. The van der Waals surface area contributed by atoms with E-state index in [1.807, 2.05) is 0 Å². The van der Waals surface area contributed by atoms with Crippen molar-refractivity contribution in [3.8, 4) is 0 Å². The molecule has 5 heteroatoms. The Morgan fingerprint density at radius 3 is 1.52 bits per heavy atom. The fraction of sp³-hybridized carbons (Fsp3) is 0.400. The minimum Gasteiger partial charge on any atom is -0.396 e. The van der Waals surface area contributed by atoms with Crippen molar-refractivity contribution in [1.82, 2.24) is 0 Å². The quantitative estimate of drug-likeness (QED) is 0.801. The van der Waals surface area contributed by atoms with Crippen LogP contribution in [-0.4, -0.2) is 37.3 Å². The van der Waals surface area contributed by atoms with Crippen molar-refractivity contribution in [2.24, 2.45) is 0 Å². The van der Waals surface area contributed by atoms with Crippen molar-refractivity contribution < 1.29 is 8.85 Å². The largest absolute Gasteiger partial charge is 0.432 e. The number of para-hydroxylation sites is 2. The van der Waals surface area contributed by atoms with Crippen LogP contribution >= 0.6 is 0 Å². The van der Waals surface area contributed by atoms with Gasteiger partial charge in [0.2, 0.25) is 0 Å². The fourth-order valence-corrected chi connectivity index (χ4v) is 3.08. The fourth-order valence-electron chi connectivity index (χ4n) is 2.91. The maximum Gasteiger partial charge on any atom is 0.432 e. The van der Waals surface area contributed by atoms with Gasteiger partial charge in [0.1, 0.15) is 0 Å². The monoisotopic (exact) mass is 356 g/mol. The summed E-state index contributed by atoms with van der Waals surface area (Å²) in [5.41, 5.74) is 5.59. The molecule has 0 saturated carbocycles. The summed E-state index contributed by atoms with van der Waals surface area (Å²) >= 11 is 0. The van der Waals surface area contributed by atoms with E-state index in [9.17, 15) is 0 Å². The Morgan fingerprint density at radius 1 is 0.720 bits per heavy atom. The maximum absolute atomic E-state index is 4.50. The van der Waals surface area contributed by atoms with Crippen molar-refractivity contribution in [1.29, 1.82) is 0 Å². The van der Waals surface area contributed by atoms with E-state index in [1.54, 1.807) is 14.2 Å². The van der Waals surface area contributed by atoms with E-state index in [-0.39, 0.29) is 10.0 Å². The van der Waals surface area contributed by atoms with Crippen molar-refractivity contribution in [2.75, 3.05) is 37.9 Å². The molecule has 4 nitrogen and oxygen atoms in total. The summed E-state index contributed by atoms with van der Waals surface area (Å²) in [6.07, 6.45) is 5.03. The van der Waals surface area contributed by atoms with Crippen molar-refractivity contribution in [3.63, 3.8) is 0 Å². The highest BCUT2D eigenvalue weighted by atomic mass is 28.3. The second-order valence-electron chi connectivity index (χ2n) is 5.87. The number of fused-ring (bicyclic) bond motifs is 2. The van der Waals surface area contributed by atoms with E-state index in [4.69, 9.17) is 0 Å². The molecule has 0 aromatic heterocycles. The summed E-state index contributed by atoms with van der Waals surface area (Å²) in [4.78, 5) is 0. The molecule has 0 atom stereocenters. The molecule has 4 rings (SSSR count). The summed E-state index contributed by atoms with van der Waals surface area (Å²) in [6, 6.07) is 17.1. The van der Waals surface area contributed by atoms with Crippen molar-refractivity contribution in [3.05, 3.63) is 59.7 Å². The third-order valence-electron chi connectivity index (χ3n) is 4.08. The lowest BCUT2D eigenvalue weighted by atomic mass is 10.0. The Bertz CT molecular complexity index is 519. The molecule has 0 saturated heterocycles. The Kier molecular flexibility index (Phi) is 9.11. The molecular weight excluding hydrogens is 328 g/mol. The Hall–Kier alpha value is -1.82. The van der Waals surface area contributed by atoms with Gasteiger partial charge in [0.25, 0.3) is 0 Å². The molecule has 2 aliphatic rings. The van der Waals surface area contributed by atoms with Gasteiger partial charge in [-0.15, -0.1) is 0 Å². The van der Waals surface area contributed by atoms with Gasteiger partial charge in [0.15, 0.2) is 0 Å². The molecule has 2 N–H and O–H groups in total. The first-order chi connectivity index (χ1) is 12.3. The highest BCUT2D eigenvalue weighted by Gasteiger charge is 2.05. The molecule has 0 fully saturated rings. The summed E-state index contributed by atoms with van der Waals surface area (Å²) in [6.45, 7) is 2.27. The van der Waals surface area contributed by atoms with E-state index >= 15 is 0 Å². The highest BCUT2D eigenvalue weighted by Crippen LogP contribution is 2.20. The van der Waals surface area contributed by atoms with Gasteiger partial charge in [-0.25, -0.2) is 0 Å². The molecule has 0 bridgehead atoms. The van der Waals surface area contributed by atoms with Gasteiger partial charge in [-0.1, -0.05) is 36.4 Å². The molecule has 2 radical (unpaired) electrons. The van der Waals surface area contributed by atoms with Crippen molar-refractivity contribution >= 4 is 21.4 Å². The number of hydrogen-bond donors (Lipinski definition) is 2. The molecule has 2 aromatic rings. The van der Waals surface area contributed by atoms with Gasteiger partial charge < -0.3 is 19.5 Å². The normalized spacial score (nSPS) is 14.2. The lowest BCUT2D eigenvalue weighted by molar-refractivity contribution is 0.309. The van der Waals surface area contributed by atoms with Crippen LogP contribution in [0.1, 0.15) is 24.0 Å². The zero-order chi connectivity index (χ0) is 17.7. The van der Waals surface area contributed by atoms with E-state index in [0.717, 1.165) is 13.1 Å². The molecule has 0 spiro atoms. The third-order valence-corrected chi connectivity index (χ3v) is 4.41. The predicted octanol–water partition coefficient (Wildman–Crippen LogP) is 3.90. The lowest BCUT2D eigenvalue weighted by Crippen LogP contribution is -2.10. The predicted molar refractivity (Wildman–Crippen MR) is 106 cm³/mol. The second kappa shape index (κ2) is 11.7. The SMILES string of the molecule is CO[Si]OC.c1ccc2c(c1)CCCN2.c1ccc2c(c1)CCCN2. The summed E-state index contributed by atoms with van der Waals surface area (Å²) < 4.78 is 8.99. The smallest absolute Gasteiger partial charge is 0.396 e. The van der Waals surface area contributed by atoms with Crippen LogP contribution in [0.4, 0.5) is 11.4 Å². The number of rotatable bonds is 2. The molecule has 134 valence electrons. The molecule has 0 aliphatic carbocycles. The van der Waals surface area contributed by atoms with E-state index in [1.165, 1.54) is 48.2 Å². The Balaban J connectivity index is 0.000000144. The third kappa shape index (κ3) is 6.90. The number of benzene rings is 2. The number of hydrogen-bond acceptors (Lipinski definition) is 4. The van der Waals surface area contributed by atoms with Crippen LogP contribution in [0.3, 0.4) is 0 Å². The standard InChI is InChI=1S/2C9H11N.C2H6O2Si/c2*1-2-6-9-8(4-1)5-3-7-10-9;1-3-5-4-2/h2*1-2,4,6,10H,3,5,7H2;1-2H3. The van der Waals surface area contributed by atoms with E-state index in [0.29, 0.717) is 0 Å². The first kappa shape index (κ1) is 19.5. The van der Waals surface area contributed by atoms with Crippen LogP contribution in [0.15, 0.2) is 48.5 Å². The Morgan fingerprint density at radius 2 is 1.16 bits per heavy atom. The molecular formula is C20H28N2O2Si. The first-order valence-corrected chi connectivity index (χ1v) is 9.61. The molecule has 2 heterocycles. The zero-order valence-corrected chi connectivity index (χ0v) is 16.2. The lowest BCUT2D eigenvalue weighted by Gasteiger charge is -2.16. The van der Waals surface area contributed by atoms with Gasteiger partial charge in [-0.2, -0.15) is 0 Å². The average molecular weight is 357 g/mol. The van der Waals surface area contributed by atoms with Crippen LogP contribution in [0.25, 0.3) is 0 Å². The van der Waals surface area contributed by atoms with Crippen LogP contribution in [0.5, 0.6) is 0 Å². The summed E-state index contributed by atoms with van der Waals surface area (Å²) in [5, 5.41) is 6.73. The van der Waals surface area contributed by atoms with Crippen LogP contribution in [0.2, 0.25) is 0 Å². The van der Waals surface area contributed by atoms with Crippen LogP contribution in [0, 0.1) is 0 Å². The van der Waals surface area contributed by atoms with E-state index < -0.39 is 0 Å². The average Bonchev–Trinajstić information content (AvgIpc) is 2.70. The zero-order valence-electron chi connectivity index (χ0n) is 15.2. The van der Waals surface area contributed by atoms with E-state index in [2.05, 4.69) is 68.0 Å². The Labute approximate surface area is 154 Å². The van der Waals surface area contributed by atoms with Gasteiger partial charge in [0, 0.05) is 38.7 Å².